The Kier molecular flexibility index (Phi) is 3.93. The maximum Gasteiger partial charge on any atom is 0.149 e. The number of piperidine rings is 1. The minimum absolute atomic E-state index is 0.228. The van der Waals surface area contributed by atoms with Gasteiger partial charge in [-0.15, -0.1) is 0 Å². The Hall–Kier alpha value is -0.370. The zero-order valence-electron chi connectivity index (χ0n) is 10.8. The van der Waals surface area contributed by atoms with Gasteiger partial charge < -0.3 is 0 Å². The van der Waals surface area contributed by atoms with Crippen molar-refractivity contribution in [2.75, 3.05) is 13.1 Å². The van der Waals surface area contributed by atoms with Crippen LogP contribution in [0.2, 0.25) is 0 Å². The molecule has 1 aliphatic rings. The molecule has 0 bridgehead atoms. The lowest BCUT2D eigenvalue weighted by molar-refractivity contribution is -0.130. The zero-order chi connectivity index (χ0) is 11.6. The Morgan fingerprint density at radius 2 is 2.00 bits per heavy atom. The van der Waals surface area contributed by atoms with E-state index in [0.29, 0.717) is 11.7 Å². The summed E-state index contributed by atoms with van der Waals surface area (Å²) in [4.78, 5) is 14.1. The van der Waals surface area contributed by atoms with E-state index in [1.165, 1.54) is 6.42 Å². The topological polar surface area (TPSA) is 20.3 Å². The highest BCUT2D eigenvalue weighted by atomic mass is 16.1. The number of carbonyl (C=O) groups is 1. The third-order valence-electron chi connectivity index (χ3n) is 4.48. The van der Waals surface area contributed by atoms with Gasteiger partial charge in [0.05, 0.1) is 5.54 Å². The fraction of sp³-hybridized carbons (Fsp3) is 0.923. The molecule has 88 valence electrons. The lowest BCUT2D eigenvalue weighted by Crippen LogP contribution is -2.55. The van der Waals surface area contributed by atoms with Crippen molar-refractivity contribution in [3.05, 3.63) is 0 Å². The zero-order valence-corrected chi connectivity index (χ0v) is 10.8. The minimum Gasteiger partial charge on any atom is -0.298 e. The predicted molar refractivity (Wildman–Crippen MR) is 63.9 cm³/mol. The van der Waals surface area contributed by atoms with Crippen LogP contribution in [0, 0.1) is 11.8 Å². The maximum absolute atomic E-state index is 11.7. The fourth-order valence-corrected chi connectivity index (χ4v) is 2.41. The number of carbonyl (C=O) groups excluding carboxylic acids is 1. The summed E-state index contributed by atoms with van der Waals surface area (Å²) in [5.41, 5.74) is -0.228. The molecule has 0 amide bonds. The molecule has 1 aliphatic heterocycles. The van der Waals surface area contributed by atoms with Crippen molar-refractivity contribution in [3.63, 3.8) is 0 Å². The van der Waals surface area contributed by atoms with Gasteiger partial charge >= 0.3 is 0 Å². The van der Waals surface area contributed by atoms with Gasteiger partial charge in [-0.3, -0.25) is 9.69 Å². The molecule has 15 heavy (non-hydrogen) atoms. The van der Waals surface area contributed by atoms with Gasteiger partial charge in [-0.1, -0.05) is 20.8 Å². The molecule has 0 aromatic rings. The summed E-state index contributed by atoms with van der Waals surface area (Å²) in [7, 11) is 0. The summed E-state index contributed by atoms with van der Waals surface area (Å²) in [5, 5.41) is 0. The fourth-order valence-electron chi connectivity index (χ4n) is 2.41. The van der Waals surface area contributed by atoms with Crippen LogP contribution < -0.4 is 0 Å². The highest BCUT2D eigenvalue weighted by Gasteiger charge is 2.38. The first kappa shape index (κ1) is 12.7. The van der Waals surface area contributed by atoms with E-state index in [4.69, 9.17) is 0 Å². The van der Waals surface area contributed by atoms with E-state index in [1.807, 2.05) is 0 Å². The third-order valence-corrected chi connectivity index (χ3v) is 4.48. The van der Waals surface area contributed by atoms with Crippen molar-refractivity contribution in [2.45, 2.75) is 53.0 Å². The number of hydrogen-bond donors (Lipinski definition) is 0. The van der Waals surface area contributed by atoms with Crippen LogP contribution in [0.3, 0.4) is 0 Å². The van der Waals surface area contributed by atoms with Crippen LogP contribution in [0.1, 0.15) is 47.5 Å². The molecule has 1 saturated heterocycles. The molecule has 0 aliphatic carbocycles. The number of nitrogens with zero attached hydrogens (tertiary/aromatic N) is 1. The van der Waals surface area contributed by atoms with Gasteiger partial charge in [-0.25, -0.2) is 0 Å². The normalized spacial score (nSPS) is 32.3. The third kappa shape index (κ3) is 2.41. The van der Waals surface area contributed by atoms with Crippen LogP contribution in [0.4, 0.5) is 0 Å². The van der Waals surface area contributed by atoms with Crippen LogP contribution in [-0.2, 0) is 4.79 Å². The molecule has 3 unspecified atom stereocenters. The molecule has 1 fully saturated rings. The maximum atomic E-state index is 11.7. The number of rotatable bonds is 3. The predicted octanol–water partition coefficient (Wildman–Crippen LogP) is 2.72. The van der Waals surface area contributed by atoms with Crippen molar-refractivity contribution in [1.82, 2.24) is 4.90 Å². The van der Waals surface area contributed by atoms with E-state index >= 15 is 0 Å². The van der Waals surface area contributed by atoms with Gasteiger partial charge in [0.2, 0.25) is 0 Å². The van der Waals surface area contributed by atoms with Crippen LogP contribution in [0.25, 0.3) is 0 Å². The second-order valence-corrected chi connectivity index (χ2v) is 5.37. The molecule has 0 N–H and O–H groups in total. The molecule has 0 spiro atoms. The van der Waals surface area contributed by atoms with E-state index in [9.17, 15) is 4.79 Å². The first-order valence-electron chi connectivity index (χ1n) is 6.18. The highest BCUT2D eigenvalue weighted by molar-refractivity contribution is 5.85. The van der Waals surface area contributed by atoms with Crippen molar-refractivity contribution in [3.8, 4) is 0 Å². The summed E-state index contributed by atoms with van der Waals surface area (Å²) in [6.07, 6.45) is 2.15. The van der Waals surface area contributed by atoms with E-state index in [0.717, 1.165) is 25.4 Å². The molecule has 1 rings (SSSR count). The lowest BCUT2D eigenvalue weighted by Gasteiger charge is -2.45. The average Bonchev–Trinajstić information content (AvgIpc) is 2.20. The summed E-state index contributed by atoms with van der Waals surface area (Å²) in [6, 6.07) is 0. The Labute approximate surface area is 94.0 Å². The smallest absolute Gasteiger partial charge is 0.149 e. The van der Waals surface area contributed by atoms with Gasteiger partial charge in [-0.2, -0.15) is 0 Å². The van der Waals surface area contributed by atoms with Gasteiger partial charge in [0, 0.05) is 6.54 Å². The molecule has 0 radical (unpaired) electrons. The molecule has 2 nitrogen and oxygen atoms in total. The van der Waals surface area contributed by atoms with Crippen LogP contribution in [0.15, 0.2) is 0 Å². The Morgan fingerprint density at radius 3 is 2.40 bits per heavy atom. The van der Waals surface area contributed by atoms with Crippen molar-refractivity contribution in [1.29, 1.82) is 0 Å². The standard InChI is InChI=1S/C13H25NO/c1-6-13(5,12(4)15)14-8-7-10(2)11(3)9-14/h10-11H,6-9H2,1-5H3. The van der Waals surface area contributed by atoms with Crippen LogP contribution in [0.5, 0.6) is 0 Å². The number of ketones is 1. The van der Waals surface area contributed by atoms with E-state index in [-0.39, 0.29) is 5.54 Å². The lowest BCUT2D eigenvalue weighted by atomic mass is 9.83. The second-order valence-electron chi connectivity index (χ2n) is 5.37. The SMILES string of the molecule is CCC(C)(C(C)=O)N1CCC(C)C(C)C1. The summed E-state index contributed by atoms with van der Waals surface area (Å²) >= 11 is 0. The Balaban J connectivity index is 2.75. The first-order chi connectivity index (χ1) is 6.91. The van der Waals surface area contributed by atoms with Gasteiger partial charge in [0.25, 0.3) is 0 Å². The second kappa shape index (κ2) is 4.65. The summed E-state index contributed by atoms with van der Waals surface area (Å²) < 4.78 is 0. The van der Waals surface area contributed by atoms with Gasteiger partial charge in [-0.05, 0) is 45.1 Å². The summed E-state index contributed by atoms with van der Waals surface area (Å²) in [5.74, 6) is 1.82. The van der Waals surface area contributed by atoms with Gasteiger partial charge in [0.15, 0.2) is 0 Å². The molecule has 3 atom stereocenters. The Bertz CT molecular complexity index is 239. The van der Waals surface area contributed by atoms with E-state index in [1.54, 1.807) is 6.92 Å². The average molecular weight is 211 g/mol. The molecule has 0 saturated carbocycles. The van der Waals surface area contributed by atoms with Crippen LogP contribution >= 0.6 is 0 Å². The van der Waals surface area contributed by atoms with E-state index < -0.39 is 0 Å². The molecular formula is C13H25NO. The molecule has 1 heterocycles. The van der Waals surface area contributed by atoms with Crippen molar-refractivity contribution in [2.24, 2.45) is 11.8 Å². The number of likely N-dealkylation sites (tertiary alicyclic amines) is 1. The van der Waals surface area contributed by atoms with Crippen molar-refractivity contribution < 1.29 is 4.79 Å². The van der Waals surface area contributed by atoms with Crippen LogP contribution in [-0.4, -0.2) is 29.3 Å². The molecule has 0 aromatic heterocycles. The monoisotopic (exact) mass is 211 g/mol. The Morgan fingerprint density at radius 1 is 1.40 bits per heavy atom. The molecular weight excluding hydrogens is 186 g/mol. The van der Waals surface area contributed by atoms with Crippen molar-refractivity contribution >= 4 is 5.78 Å². The quantitative estimate of drug-likeness (QED) is 0.715. The number of Topliss-reactive ketones (excluding diaryl/α,β-unsaturated/α-hetero) is 1. The number of hydrogen-bond acceptors (Lipinski definition) is 2. The van der Waals surface area contributed by atoms with Gasteiger partial charge in [0.1, 0.15) is 5.78 Å². The van der Waals surface area contributed by atoms with E-state index in [2.05, 4.69) is 32.6 Å². The molecule has 0 aromatic carbocycles. The minimum atomic E-state index is -0.228. The first-order valence-corrected chi connectivity index (χ1v) is 6.18. The highest BCUT2D eigenvalue weighted by Crippen LogP contribution is 2.30. The summed E-state index contributed by atoms with van der Waals surface area (Å²) in [6.45, 7) is 12.7. The molecule has 2 heteroatoms. The largest absolute Gasteiger partial charge is 0.298 e.